The lowest BCUT2D eigenvalue weighted by molar-refractivity contribution is -0.0437. The van der Waals surface area contributed by atoms with Gasteiger partial charge in [0.25, 0.3) is 0 Å². The second-order valence-corrected chi connectivity index (χ2v) is 7.73. The van der Waals surface area contributed by atoms with E-state index in [1.807, 2.05) is 64.1 Å². The van der Waals surface area contributed by atoms with Gasteiger partial charge in [-0.15, -0.1) is 0 Å². The first-order chi connectivity index (χ1) is 13.8. The molecule has 7 nitrogen and oxygen atoms in total. The monoisotopic (exact) mass is 402 g/mol. The molecular weight excluding hydrogens is 376 g/mol. The first-order valence-corrected chi connectivity index (χ1v) is 9.67. The molecular formula is C22H26O7. The Balaban J connectivity index is 1.13. The topological polar surface area (TPSA) is 64.6 Å². The van der Waals surface area contributed by atoms with E-state index in [1.165, 1.54) is 0 Å². The molecule has 4 rings (SSSR count). The smallest absolute Gasteiger partial charge is 0.246 e. The summed E-state index contributed by atoms with van der Waals surface area (Å²) in [7, 11) is 0. The number of fused-ring (bicyclic) bond motifs is 2. The van der Waals surface area contributed by atoms with E-state index in [-0.39, 0.29) is 0 Å². The van der Waals surface area contributed by atoms with Crippen LogP contribution in [0.2, 0.25) is 0 Å². The summed E-state index contributed by atoms with van der Waals surface area (Å²) < 4.78 is 39.7. The molecule has 0 bridgehead atoms. The Morgan fingerprint density at radius 3 is 1.45 bits per heavy atom. The van der Waals surface area contributed by atoms with Gasteiger partial charge in [-0.2, -0.15) is 0 Å². The van der Waals surface area contributed by atoms with Crippen LogP contribution in [0.15, 0.2) is 36.4 Å². The molecule has 0 saturated heterocycles. The summed E-state index contributed by atoms with van der Waals surface area (Å²) in [4.78, 5) is 0. The minimum absolute atomic E-state index is 0.433. The van der Waals surface area contributed by atoms with Crippen LogP contribution in [0.1, 0.15) is 27.7 Å². The molecule has 0 unspecified atom stereocenters. The van der Waals surface area contributed by atoms with Gasteiger partial charge >= 0.3 is 0 Å². The minimum atomic E-state index is -0.641. The van der Waals surface area contributed by atoms with Gasteiger partial charge in [0.2, 0.25) is 11.6 Å². The van der Waals surface area contributed by atoms with Crippen molar-refractivity contribution in [1.82, 2.24) is 0 Å². The summed E-state index contributed by atoms with van der Waals surface area (Å²) in [6.45, 7) is 9.25. The Morgan fingerprint density at radius 2 is 1.00 bits per heavy atom. The maximum absolute atomic E-state index is 5.71. The van der Waals surface area contributed by atoms with Gasteiger partial charge in [0, 0.05) is 39.8 Å². The zero-order chi connectivity index (χ0) is 20.5. The molecule has 29 heavy (non-hydrogen) atoms. The fourth-order valence-corrected chi connectivity index (χ4v) is 3.12. The highest BCUT2D eigenvalue weighted by molar-refractivity contribution is 5.48. The van der Waals surface area contributed by atoms with Crippen LogP contribution in [-0.4, -0.2) is 38.0 Å². The maximum atomic E-state index is 5.71. The van der Waals surface area contributed by atoms with E-state index in [2.05, 4.69) is 0 Å². The molecule has 2 aliphatic heterocycles. The van der Waals surface area contributed by atoms with Crippen molar-refractivity contribution >= 4 is 0 Å². The Hall–Kier alpha value is -2.80. The van der Waals surface area contributed by atoms with Crippen molar-refractivity contribution in [2.45, 2.75) is 39.3 Å². The van der Waals surface area contributed by atoms with Crippen molar-refractivity contribution in [3.63, 3.8) is 0 Å². The van der Waals surface area contributed by atoms with Gasteiger partial charge in [-0.1, -0.05) is 0 Å². The fourth-order valence-electron chi connectivity index (χ4n) is 3.12. The lowest BCUT2D eigenvalue weighted by atomic mass is 10.3. The number of ether oxygens (including phenoxy) is 7. The Bertz CT molecular complexity index is 804. The maximum Gasteiger partial charge on any atom is 0.246 e. The van der Waals surface area contributed by atoms with Gasteiger partial charge in [-0.05, 0) is 24.3 Å². The number of benzene rings is 2. The van der Waals surface area contributed by atoms with Crippen LogP contribution in [0.3, 0.4) is 0 Å². The highest BCUT2D eigenvalue weighted by atomic mass is 16.7. The molecule has 0 radical (unpaired) electrons. The van der Waals surface area contributed by atoms with Crippen LogP contribution in [0.25, 0.3) is 0 Å². The van der Waals surface area contributed by atoms with E-state index < -0.39 is 11.6 Å². The first-order valence-electron chi connectivity index (χ1n) is 9.67. The van der Waals surface area contributed by atoms with Crippen molar-refractivity contribution in [1.29, 1.82) is 0 Å². The Labute approximate surface area is 170 Å². The second-order valence-electron chi connectivity index (χ2n) is 7.73. The molecule has 0 N–H and O–H groups in total. The van der Waals surface area contributed by atoms with E-state index >= 15 is 0 Å². The molecule has 0 amide bonds. The highest BCUT2D eigenvalue weighted by Crippen LogP contribution is 2.42. The first kappa shape index (κ1) is 19.5. The molecule has 7 heteroatoms. The zero-order valence-electron chi connectivity index (χ0n) is 17.2. The van der Waals surface area contributed by atoms with Crippen LogP contribution in [0.5, 0.6) is 34.5 Å². The molecule has 156 valence electrons. The van der Waals surface area contributed by atoms with Gasteiger partial charge in [0.1, 0.15) is 24.7 Å². The third kappa shape index (κ3) is 4.79. The number of hydrogen-bond acceptors (Lipinski definition) is 7. The molecule has 0 aliphatic carbocycles. The molecule has 2 aromatic rings. The number of hydrogen-bond donors (Lipinski definition) is 0. The Morgan fingerprint density at radius 1 is 0.586 bits per heavy atom. The average Bonchev–Trinajstić information content (AvgIpc) is 3.12. The molecule has 0 spiro atoms. The number of rotatable bonds is 8. The quantitative estimate of drug-likeness (QED) is 0.614. The van der Waals surface area contributed by atoms with Crippen LogP contribution in [-0.2, 0) is 4.74 Å². The molecule has 0 fully saturated rings. The summed E-state index contributed by atoms with van der Waals surface area (Å²) in [5.41, 5.74) is 0. The van der Waals surface area contributed by atoms with Crippen LogP contribution < -0.4 is 28.4 Å². The van der Waals surface area contributed by atoms with Gasteiger partial charge in [0.15, 0.2) is 23.0 Å². The minimum Gasteiger partial charge on any atom is -0.491 e. The second kappa shape index (κ2) is 7.55. The zero-order valence-corrected chi connectivity index (χ0v) is 17.2. The lowest BCUT2D eigenvalue weighted by Gasteiger charge is -2.16. The van der Waals surface area contributed by atoms with E-state index in [0.29, 0.717) is 49.4 Å². The molecule has 2 aliphatic rings. The van der Waals surface area contributed by atoms with Gasteiger partial charge < -0.3 is 33.2 Å². The largest absolute Gasteiger partial charge is 0.491 e. The third-order valence-electron chi connectivity index (χ3n) is 4.25. The van der Waals surface area contributed by atoms with Crippen molar-refractivity contribution in [3.8, 4) is 34.5 Å². The van der Waals surface area contributed by atoms with Gasteiger partial charge in [-0.3, -0.25) is 0 Å². The van der Waals surface area contributed by atoms with E-state index in [0.717, 1.165) is 11.5 Å². The van der Waals surface area contributed by atoms with Crippen molar-refractivity contribution in [2.24, 2.45) is 0 Å². The van der Waals surface area contributed by atoms with Crippen LogP contribution >= 0.6 is 0 Å². The van der Waals surface area contributed by atoms with E-state index in [9.17, 15) is 0 Å². The molecule has 2 aromatic carbocycles. The fraction of sp³-hybridized carbons (Fsp3) is 0.455. The van der Waals surface area contributed by atoms with Crippen molar-refractivity contribution in [3.05, 3.63) is 36.4 Å². The molecule has 0 saturated carbocycles. The summed E-state index contributed by atoms with van der Waals surface area (Å²) in [6.07, 6.45) is 0. The van der Waals surface area contributed by atoms with Crippen molar-refractivity contribution in [2.75, 3.05) is 26.4 Å². The van der Waals surface area contributed by atoms with Crippen LogP contribution in [0, 0.1) is 0 Å². The van der Waals surface area contributed by atoms with Crippen molar-refractivity contribution < 1.29 is 33.2 Å². The summed E-state index contributed by atoms with van der Waals surface area (Å²) in [6, 6.07) is 11.1. The predicted octanol–water partition coefficient (Wildman–Crippen LogP) is 4.18. The van der Waals surface area contributed by atoms with E-state index in [4.69, 9.17) is 33.2 Å². The summed E-state index contributed by atoms with van der Waals surface area (Å²) in [5.74, 6) is 2.98. The Kier molecular flexibility index (Phi) is 5.08. The normalized spacial score (nSPS) is 17.2. The highest BCUT2D eigenvalue weighted by Gasteiger charge is 2.32. The van der Waals surface area contributed by atoms with E-state index in [1.54, 1.807) is 0 Å². The predicted molar refractivity (Wildman–Crippen MR) is 105 cm³/mol. The molecule has 2 heterocycles. The molecule has 0 aromatic heterocycles. The average molecular weight is 402 g/mol. The van der Waals surface area contributed by atoms with Crippen LogP contribution in [0.4, 0.5) is 0 Å². The van der Waals surface area contributed by atoms with Gasteiger partial charge in [-0.25, -0.2) is 0 Å². The lowest BCUT2D eigenvalue weighted by Crippen LogP contribution is -2.29. The van der Waals surface area contributed by atoms with Gasteiger partial charge in [0.05, 0.1) is 13.2 Å². The summed E-state index contributed by atoms with van der Waals surface area (Å²) in [5, 5.41) is 0. The molecule has 0 atom stereocenters. The third-order valence-corrected chi connectivity index (χ3v) is 4.25. The standard InChI is InChI=1S/C22H26O7/c1-21(2)26-17-7-5-15(13-19(17)28-21)24-11-9-23-10-12-25-16-6-8-18-20(14-16)29-22(3,4)27-18/h5-8,13-14H,9-12H2,1-4H3. The SMILES string of the molecule is CC1(C)Oc2ccc(OCCOCCOc3ccc4c(c3)OC(C)(C)O4)cc2O1. The summed E-state index contributed by atoms with van der Waals surface area (Å²) >= 11 is 0.